The van der Waals surface area contributed by atoms with Gasteiger partial charge in [0.2, 0.25) is 11.8 Å². The van der Waals surface area contributed by atoms with Gasteiger partial charge in [0.05, 0.1) is 17.7 Å². The molecule has 0 fully saturated rings. The van der Waals surface area contributed by atoms with Crippen LogP contribution in [0.1, 0.15) is 26.3 Å². The molecule has 9 heteroatoms. The summed E-state index contributed by atoms with van der Waals surface area (Å²) in [4.78, 5) is 28.2. The van der Waals surface area contributed by atoms with Gasteiger partial charge in [-0.05, 0) is 69.2 Å². The highest BCUT2D eigenvalue weighted by atomic mass is 32.2. The van der Waals surface area contributed by atoms with E-state index in [-0.39, 0.29) is 23.4 Å². The first-order valence-electron chi connectivity index (χ1n) is 12.5. The second kappa shape index (κ2) is 13.1. The molecule has 0 saturated carbocycles. The molecule has 202 valence electrons. The van der Waals surface area contributed by atoms with Crippen LogP contribution in [-0.4, -0.2) is 57.4 Å². The summed E-state index contributed by atoms with van der Waals surface area (Å²) in [5, 5.41) is 2.85. The smallest absolute Gasteiger partial charge is 0.264 e. The van der Waals surface area contributed by atoms with Crippen LogP contribution in [0.4, 0.5) is 5.69 Å². The molecule has 2 amide bonds. The second-order valence-corrected chi connectivity index (χ2v) is 11.0. The first-order chi connectivity index (χ1) is 18.1. The van der Waals surface area contributed by atoms with Gasteiger partial charge in [-0.1, -0.05) is 48.5 Å². The van der Waals surface area contributed by atoms with E-state index in [0.29, 0.717) is 17.9 Å². The molecule has 0 radical (unpaired) electrons. The molecule has 0 bridgehead atoms. The van der Waals surface area contributed by atoms with E-state index in [0.717, 1.165) is 9.87 Å². The van der Waals surface area contributed by atoms with Crippen molar-refractivity contribution in [3.8, 4) is 5.75 Å². The fourth-order valence-electron chi connectivity index (χ4n) is 3.97. The van der Waals surface area contributed by atoms with E-state index in [1.165, 1.54) is 24.1 Å². The van der Waals surface area contributed by atoms with Crippen molar-refractivity contribution in [2.75, 3.05) is 24.5 Å². The minimum absolute atomic E-state index is 0.0602. The lowest BCUT2D eigenvalue weighted by atomic mass is 10.1. The fourth-order valence-corrected chi connectivity index (χ4v) is 5.41. The standard InChI is InChI=1S/C29H35N3O5S/c1-22(2)30-29(34)23(3)31(20-19-24-11-7-5-8-12-24)28(33)21-32(25-15-17-26(37-4)18-16-25)38(35,36)27-13-9-6-10-14-27/h5-18,22-23H,19-21H2,1-4H3,(H,30,34). The number of amides is 2. The largest absolute Gasteiger partial charge is 0.497 e. The number of carbonyl (C=O) groups excluding carboxylic acids is 2. The molecular formula is C29H35N3O5S. The van der Waals surface area contributed by atoms with E-state index in [4.69, 9.17) is 4.74 Å². The Morgan fingerprint density at radius 2 is 1.45 bits per heavy atom. The first kappa shape index (κ1) is 28.7. The Kier molecular flexibility index (Phi) is 9.90. The quantitative estimate of drug-likeness (QED) is 0.378. The van der Waals surface area contributed by atoms with E-state index in [9.17, 15) is 18.0 Å². The SMILES string of the molecule is COc1ccc(N(CC(=O)N(CCc2ccccc2)C(C)C(=O)NC(C)C)S(=O)(=O)c2ccccc2)cc1. The van der Waals surface area contributed by atoms with Crippen LogP contribution in [0.2, 0.25) is 0 Å². The third-order valence-corrected chi connectivity index (χ3v) is 7.84. The Morgan fingerprint density at radius 1 is 0.868 bits per heavy atom. The lowest BCUT2D eigenvalue weighted by Gasteiger charge is -2.32. The Hall–Kier alpha value is -3.85. The Morgan fingerprint density at radius 3 is 2.00 bits per heavy atom. The van der Waals surface area contributed by atoms with Crippen molar-refractivity contribution in [2.24, 2.45) is 0 Å². The van der Waals surface area contributed by atoms with Gasteiger partial charge >= 0.3 is 0 Å². The molecule has 3 aromatic carbocycles. The maximum absolute atomic E-state index is 13.8. The monoisotopic (exact) mass is 537 g/mol. The molecule has 0 aliphatic carbocycles. The van der Waals surface area contributed by atoms with Crippen molar-refractivity contribution in [2.45, 2.75) is 44.2 Å². The van der Waals surface area contributed by atoms with Crippen LogP contribution < -0.4 is 14.4 Å². The average Bonchev–Trinajstić information content (AvgIpc) is 2.92. The topological polar surface area (TPSA) is 96.0 Å². The molecule has 1 atom stereocenters. The molecule has 8 nitrogen and oxygen atoms in total. The van der Waals surface area contributed by atoms with Crippen LogP contribution in [0.25, 0.3) is 0 Å². The highest BCUT2D eigenvalue weighted by Gasteiger charge is 2.32. The van der Waals surface area contributed by atoms with Crippen molar-refractivity contribution in [1.29, 1.82) is 0 Å². The summed E-state index contributed by atoms with van der Waals surface area (Å²) >= 11 is 0. The predicted octanol–water partition coefficient (Wildman–Crippen LogP) is 3.87. The van der Waals surface area contributed by atoms with Crippen LogP contribution in [0, 0.1) is 0 Å². The summed E-state index contributed by atoms with van der Waals surface area (Å²) in [6.07, 6.45) is 0.514. The Labute approximate surface area is 225 Å². The summed E-state index contributed by atoms with van der Waals surface area (Å²) < 4.78 is 33.7. The second-order valence-electron chi connectivity index (χ2n) is 9.18. The van der Waals surface area contributed by atoms with Gasteiger partial charge in [0.25, 0.3) is 10.0 Å². The molecular weight excluding hydrogens is 502 g/mol. The number of anilines is 1. The van der Waals surface area contributed by atoms with Crippen molar-refractivity contribution in [3.05, 3.63) is 90.5 Å². The first-order valence-corrected chi connectivity index (χ1v) is 13.9. The zero-order chi connectivity index (χ0) is 27.7. The van der Waals surface area contributed by atoms with Crippen LogP contribution >= 0.6 is 0 Å². The number of carbonyl (C=O) groups is 2. The van der Waals surface area contributed by atoms with Crippen LogP contribution in [0.5, 0.6) is 5.75 Å². The number of rotatable bonds is 12. The predicted molar refractivity (Wildman–Crippen MR) is 149 cm³/mol. The number of ether oxygens (including phenoxy) is 1. The molecule has 0 aliphatic heterocycles. The Balaban J connectivity index is 1.96. The molecule has 1 unspecified atom stereocenters. The fraction of sp³-hybridized carbons (Fsp3) is 0.310. The van der Waals surface area contributed by atoms with Crippen LogP contribution in [-0.2, 0) is 26.0 Å². The minimum atomic E-state index is -4.09. The van der Waals surface area contributed by atoms with E-state index in [1.54, 1.807) is 49.4 Å². The molecule has 0 spiro atoms. The molecule has 0 heterocycles. The summed E-state index contributed by atoms with van der Waals surface area (Å²) in [7, 11) is -2.57. The zero-order valence-electron chi connectivity index (χ0n) is 22.2. The number of methoxy groups -OCH3 is 1. The molecule has 3 rings (SSSR count). The summed E-state index contributed by atoms with van der Waals surface area (Å²) in [5.74, 6) is -0.230. The number of benzene rings is 3. The van der Waals surface area contributed by atoms with E-state index < -0.39 is 28.5 Å². The van der Waals surface area contributed by atoms with Gasteiger partial charge in [0.1, 0.15) is 18.3 Å². The number of nitrogens with zero attached hydrogens (tertiary/aromatic N) is 2. The van der Waals surface area contributed by atoms with Crippen molar-refractivity contribution in [1.82, 2.24) is 10.2 Å². The van der Waals surface area contributed by atoms with E-state index >= 15 is 0 Å². The average molecular weight is 538 g/mol. The third-order valence-electron chi connectivity index (χ3n) is 6.05. The minimum Gasteiger partial charge on any atom is -0.497 e. The Bertz CT molecular complexity index is 1300. The van der Waals surface area contributed by atoms with Crippen LogP contribution in [0.3, 0.4) is 0 Å². The zero-order valence-corrected chi connectivity index (χ0v) is 23.0. The molecule has 0 saturated heterocycles. The van der Waals surface area contributed by atoms with Crippen molar-refractivity contribution >= 4 is 27.5 Å². The van der Waals surface area contributed by atoms with Gasteiger partial charge in [-0.2, -0.15) is 0 Å². The highest BCUT2D eigenvalue weighted by Crippen LogP contribution is 2.26. The number of hydrogen-bond acceptors (Lipinski definition) is 5. The summed E-state index contributed by atoms with van der Waals surface area (Å²) in [6, 6.07) is 23.1. The highest BCUT2D eigenvalue weighted by molar-refractivity contribution is 7.92. The third kappa shape index (κ3) is 7.35. The van der Waals surface area contributed by atoms with Crippen molar-refractivity contribution < 1.29 is 22.7 Å². The molecule has 0 aromatic heterocycles. The maximum atomic E-state index is 13.8. The number of hydrogen-bond donors (Lipinski definition) is 1. The number of nitrogens with one attached hydrogen (secondary N) is 1. The summed E-state index contributed by atoms with van der Waals surface area (Å²) in [5.41, 5.74) is 1.32. The molecule has 0 aliphatic rings. The summed E-state index contributed by atoms with van der Waals surface area (Å²) in [6.45, 7) is 5.12. The van der Waals surface area contributed by atoms with Gasteiger partial charge in [0, 0.05) is 12.6 Å². The maximum Gasteiger partial charge on any atom is 0.264 e. The van der Waals surface area contributed by atoms with E-state index in [1.807, 2.05) is 44.2 Å². The van der Waals surface area contributed by atoms with Gasteiger partial charge in [-0.15, -0.1) is 0 Å². The van der Waals surface area contributed by atoms with Crippen molar-refractivity contribution in [3.63, 3.8) is 0 Å². The molecule has 3 aromatic rings. The lowest BCUT2D eigenvalue weighted by Crippen LogP contribution is -2.53. The van der Waals surface area contributed by atoms with Crippen LogP contribution in [0.15, 0.2) is 89.8 Å². The molecule has 1 N–H and O–H groups in total. The lowest BCUT2D eigenvalue weighted by molar-refractivity contribution is -0.139. The van der Waals surface area contributed by atoms with Gasteiger partial charge in [-0.25, -0.2) is 8.42 Å². The van der Waals surface area contributed by atoms with E-state index in [2.05, 4.69) is 5.32 Å². The van der Waals surface area contributed by atoms with Gasteiger partial charge < -0.3 is 15.0 Å². The number of sulfonamides is 1. The van der Waals surface area contributed by atoms with Gasteiger partial charge in [0.15, 0.2) is 0 Å². The van der Waals surface area contributed by atoms with Gasteiger partial charge in [-0.3, -0.25) is 13.9 Å². The molecule has 38 heavy (non-hydrogen) atoms. The normalized spacial score (nSPS) is 12.0.